The van der Waals surface area contributed by atoms with Gasteiger partial charge in [-0.1, -0.05) is 23.7 Å². The molecule has 0 aliphatic rings. The predicted octanol–water partition coefficient (Wildman–Crippen LogP) is 4.13. The van der Waals surface area contributed by atoms with Crippen LogP contribution in [0.3, 0.4) is 0 Å². The van der Waals surface area contributed by atoms with E-state index < -0.39 is 17.4 Å². The number of amides is 1. The number of esters is 1. The first kappa shape index (κ1) is 18.8. The van der Waals surface area contributed by atoms with Crippen LogP contribution in [0.4, 0.5) is 5.69 Å². The first-order valence-electron chi connectivity index (χ1n) is 8.81. The van der Waals surface area contributed by atoms with Crippen LogP contribution in [0.5, 0.6) is 0 Å². The number of para-hydroxylation sites is 2. The Bertz CT molecular complexity index is 1300. The minimum Gasteiger partial charge on any atom is -0.462 e. The van der Waals surface area contributed by atoms with Crippen molar-refractivity contribution in [3.8, 4) is 0 Å². The molecule has 0 saturated carbocycles. The second kappa shape index (κ2) is 7.44. The number of ether oxygens (including phenoxy) is 1. The second-order valence-electron chi connectivity index (χ2n) is 6.17. The van der Waals surface area contributed by atoms with Crippen LogP contribution < -0.4 is 10.9 Å². The number of nitrogens with zero attached hydrogens (tertiary/aromatic N) is 1. The number of rotatable bonds is 4. The molecule has 0 aliphatic heterocycles. The van der Waals surface area contributed by atoms with Crippen molar-refractivity contribution < 1.29 is 18.7 Å². The predicted molar refractivity (Wildman–Crippen MR) is 109 cm³/mol. The average Bonchev–Trinajstić information content (AvgIpc) is 3.10. The topological polar surface area (TPSA) is 90.0 Å². The number of benzene rings is 2. The Morgan fingerprint density at radius 3 is 2.59 bits per heavy atom. The summed E-state index contributed by atoms with van der Waals surface area (Å²) in [7, 11) is 0. The van der Waals surface area contributed by atoms with Crippen molar-refractivity contribution >= 4 is 46.0 Å². The van der Waals surface area contributed by atoms with Crippen LogP contribution in [-0.4, -0.2) is 22.9 Å². The molecule has 0 radical (unpaired) electrons. The van der Waals surface area contributed by atoms with E-state index in [9.17, 15) is 14.4 Å². The van der Waals surface area contributed by atoms with Gasteiger partial charge in [-0.15, -0.1) is 0 Å². The molecule has 0 bridgehead atoms. The van der Waals surface area contributed by atoms with Crippen molar-refractivity contribution in [1.82, 2.24) is 4.40 Å². The molecule has 2 aromatic heterocycles. The minimum absolute atomic E-state index is 0.0362. The Morgan fingerprint density at radius 2 is 1.86 bits per heavy atom. The van der Waals surface area contributed by atoms with E-state index in [1.165, 1.54) is 22.6 Å². The van der Waals surface area contributed by atoms with Crippen molar-refractivity contribution in [2.24, 2.45) is 0 Å². The van der Waals surface area contributed by atoms with Crippen molar-refractivity contribution in [3.05, 3.63) is 81.1 Å². The summed E-state index contributed by atoms with van der Waals surface area (Å²) in [5.74, 6) is -1.17. The third-order valence-electron chi connectivity index (χ3n) is 4.32. The average molecular weight is 411 g/mol. The number of anilines is 1. The Hall–Kier alpha value is -3.58. The van der Waals surface area contributed by atoms with Gasteiger partial charge in [0, 0.05) is 10.6 Å². The zero-order valence-corrected chi connectivity index (χ0v) is 16.0. The fourth-order valence-corrected chi connectivity index (χ4v) is 3.12. The Kier molecular flexibility index (Phi) is 4.82. The van der Waals surface area contributed by atoms with Gasteiger partial charge in [0.1, 0.15) is 11.3 Å². The van der Waals surface area contributed by atoms with Crippen LogP contribution in [0.2, 0.25) is 5.02 Å². The van der Waals surface area contributed by atoms with E-state index in [0.717, 1.165) is 0 Å². The highest BCUT2D eigenvalue weighted by Gasteiger charge is 2.22. The van der Waals surface area contributed by atoms with Crippen molar-refractivity contribution in [3.63, 3.8) is 0 Å². The van der Waals surface area contributed by atoms with Crippen LogP contribution >= 0.6 is 11.6 Å². The molecule has 0 fully saturated rings. The lowest BCUT2D eigenvalue weighted by molar-refractivity contribution is 0.0526. The molecular weight excluding hydrogens is 396 g/mol. The fourth-order valence-electron chi connectivity index (χ4n) is 2.99. The summed E-state index contributed by atoms with van der Waals surface area (Å²) < 4.78 is 12.1. The van der Waals surface area contributed by atoms with Crippen molar-refractivity contribution in [2.45, 2.75) is 6.92 Å². The molecule has 0 unspecified atom stereocenters. The van der Waals surface area contributed by atoms with Crippen LogP contribution in [-0.2, 0) is 4.74 Å². The van der Waals surface area contributed by atoms with Crippen LogP contribution in [0, 0.1) is 0 Å². The van der Waals surface area contributed by atoms with Gasteiger partial charge in [-0.3, -0.25) is 9.59 Å². The van der Waals surface area contributed by atoms with Gasteiger partial charge in [-0.25, -0.2) is 9.20 Å². The zero-order valence-electron chi connectivity index (χ0n) is 15.3. The van der Waals surface area contributed by atoms with E-state index in [1.807, 2.05) is 0 Å². The zero-order chi connectivity index (χ0) is 20.5. The van der Waals surface area contributed by atoms with Crippen LogP contribution in [0.15, 0.2) is 63.8 Å². The maximum atomic E-state index is 13.1. The molecule has 2 heterocycles. The lowest BCUT2D eigenvalue weighted by Crippen LogP contribution is -2.24. The lowest BCUT2D eigenvalue weighted by Gasteiger charge is -2.08. The summed E-state index contributed by atoms with van der Waals surface area (Å²) >= 11 is 5.85. The monoisotopic (exact) mass is 410 g/mol. The highest BCUT2D eigenvalue weighted by atomic mass is 35.5. The highest BCUT2D eigenvalue weighted by Crippen LogP contribution is 2.24. The van der Waals surface area contributed by atoms with E-state index in [1.54, 1.807) is 43.3 Å². The number of carbonyl (C=O) groups is 2. The summed E-state index contributed by atoms with van der Waals surface area (Å²) in [5, 5.41) is 3.05. The molecule has 1 amide bonds. The normalized spacial score (nSPS) is 11.0. The molecule has 0 atom stereocenters. The Balaban J connectivity index is 1.89. The smallest absolute Gasteiger partial charge is 0.343 e. The van der Waals surface area contributed by atoms with Gasteiger partial charge in [0.25, 0.3) is 11.5 Å². The van der Waals surface area contributed by atoms with Crippen molar-refractivity contribution in [1.29, 1.82) is 0 Å². The maximum Gasteiger partial charge on any atom is 0.343 e. The summed E-state index contributed by atoms with van der Waals surface area (Å²) in [4.78, 5) is 38.1. The molecule has 1 N–H and O–H groups in total. The SMILES string of the molecule is CCOC(=O)c1cc(NC(=O)c2ccc(Cl)cc2)c(=O)n2c1oc1ccccc12. The minimum atomic E-state index is -0.661. The van der Waals surface area contributed by atoms with E-state index in [2.05, 4.69) is 5.32 Å². The van der Waals surface area contributed by atoms with E-state index >= 15 is 0 Å². The number of halogens is 1. The molecule has 2 aromatic carbocycles. The molecule has 146 valence electrons. The molecule has 4 aromatic rings. The highest BCUT2D eigenvalue weighted by molar-refractivity contribution is 6.30. The standard InChI is InChI=1S/C21H15ClN2O5/c1-2-28-21(27)14-11-15(23-18(25)12-7-9-13(22)10-8-12)19(26)24-16-5-3-4-6-17(16)29-20(14)24/h3-11H,2H2,1H3,(H,23,25). The van der Waals surface area contributed by atoms with Gasteiger partial charge in [0.15, 0.2) is 5.58 Å². The van der Waals surface area contributed by atoms with Gasteiger partial charge in [0.2, 0.25) is 5.71 Å². The molecule has 4 rings (SSSR count). The molecule has 7 nitrogen and oxygen atoms in total. The number of nitrogens with one attached hydrogen (secondary N) is 1. The first-order valence-corrected chi connectivity index (χ1v) is 9.18. The third kappa shape index (κ3) is 3.36. The van der Waals surface area contributed by atoms with E-state index in [4.69, 9.17) is 20.8 Å². The molecule has 29 heavy (non-hydrogen) atoms. The fraction of sp³-hybridized carbons (Fsp3) is 0.0952. The summed E-state index contributed by atoms with van der Waals surface area (Å²) in [6.45, 7) is 1.82. The van der Waals surface area contributed by atoms with Gasteiger partial charge in [0.05, 0.1) is 12.1 Å². The molecule has 0 aliphatic carbocycles. The largest absolute Gasteiger partial charge is 0.462 e. The molecule has 0 saturated heterocycles. The third-order valence-corrected chi connectivity index (χ3v) is 4.57. The Morgan fingerprint density at radius 1 is 1.14 bits per heavy atom. The number of hydrogen-bond acceptors (Lipinski definition) is 5. The Labute approximate surface area is 169 Å². The van der Waals surface area contributed by atoms with Gasteiger partial charge in [-0.2, -0.15) is 0 Å². The maximum absolute atomic E-state index is 13.1. The van der Waals surface area contributed by atoms with Crippen LogP contribution in [0.25, 0.3) is 16.8 Å². The number of carbonyl (C=O) groups excluding carboxylic acids is 2. The van der Waals surface area contributed by atoms with E-state index in [0.29, 0.717) is 21.7 Å². The molecule has 8 heteroatoms. The number of hydrogen-bond donors (Lipinski definition) is 1. The van der Waals surface area contributed by atoms with Gasteiger partial charge >= 0.3 is 5.97 Å². The van der Waals surface area contributed by atoms with E-state index in [-0.39, 0.29) is 23.6 Å². The van der Waals surface area contributed by atoms with Crippen molar-refractivity contribution in [2.75, 3.05) is 11.9 Å². The number of oxazole rings is 1. The quantitative estimate of drug-likeness (QED) is 0.511. The van der Waals surface area contributed by atoms with Crippen LogP contribution in [0.1, 0.15) is 27.6 Å². The number of pyridine rings is 1. The first-order chi connectivity index (χ1) is 14.0. The van der Waals surface area contributed by atoms with Gasteiger partial charge in [-0.05, 0) is 49.4 Å². The van der Waals surface area contributed by atoms with Gasteiger partial charge < -0.3 is 14.5 Å². The lowest BCUT2D eigenvalue weighted by atomic mass is 10.2. The summed E-state index contributed by atoms with van der Waals surface area (Å²) in [5.41, 5.74) is 0.705. The number of fused-ring (bicyclic) bond motifs is 3. The summed E-state index contributed by atoms with van der Waals surface area (Å²) in [6, 6.07) is 14.3. The molecule has 0 spiro atoms. The summed E-state index contributed by atoms with van der Waals surface area (Å²) in [6.07, 6.45) is 0. The number of aromatic nitrogens is 1. The molecular formula is C21H15ClN2O5. The second-order valence-corrected chi connectivity index (χ2v) is 6.61.